The Labute approximate surface area is 516 Å². The highest BCUT2D eigenvalue weighted by Crippen LogP contribution is 2.30. The number of aryl methyl sites for hydroxylation is 2. The van der Waals surface area contributed by atoms with Crippen LogP contribution in [-0.4, -0.2) is 173 Å². The number of nitrogens with one attached hydrogen (secondary N) is 4. The van der Waals surface area contributed by atoms with Crippen molar-refractivity contribution in [1.82, 2.24) is 70.9 Å². The molecule has 8 rings (SSSR count). The normalized spacial score (nSPS) is 23.5. The third kappa shape index (κ3) is 17.2. The largest absolute Gasteiger partial charge is 0.486 e. The van der Waals surface area contributed by atoms with Crippen LogP contribution in [0.1, 0.15) is 163 Å². The number of ether oxygens (including phenoxy) is 2. The van der Waals surface area contributed by atoms with Crippen molar-refractivity contribution in [3.8, 4) is 11.5 Å². The maximum Gasteiger partial charge on any atom is 0.255 e. The monoisotopic (exact) mass is 1220 g/mol. The van der Waals surface area contributed by atoms with Crippen molar-refractivity contribution < 1.29 is 47.8 Å². The third-order valence-corrected chi connectivity index (χ3v) is 17.0. The molecule has 4 aliphatic rings. The number of para-hydroxylation sites is 1. The van der Waals surface area contributed by atoms with Crippen LogP contribution in [0.15, 0.2) is 54.9 Å². The zero-order valence-electron chi connectivity index (χ0n) is 52.9. The van der Waals surface area contributed by atoms with Gasteiger partial charge in [0.2, 0.25) is 35.4 Å². The van der Waals surface area contributed by atoms with Crippen LogP contribution in [0.4, 0.5) is 0 Å². The molecule has 24 nitrogen and oxygen atoms in total. The predicted octanol–water partition coefficient (Wildman–Crippen LogP) is 5.09. The standard InChI is InChI=1S/C64H92N14O10/c1-40(2)30-49-61(83)78-29-16-20-52(78)64(86)74(9)54(60(82)65-24-13-10-14-26-75-36-45(69-71-75)38-87-55-21-12-11-18-47(55)57(79)67-49)34-43(7)33-44-22-23-48-56(35-44)88-39-46-37-76(72-70-46)27-17-25-66-59(81)53(32-42(5)6)73(8)63(85)51-19-15-28-77(51)62(84)50(31-41(3)4)68-58(48)80/h11-12,18,21-23,35-37,40-43,49-54H,10,13-17,19-20,24-34,38-39H2,1-9H3,(H,65,82)(H,66,81)(H,67,79)(H,68,80)/t43?,49-,50-,51-,52-,53+,54+/m1/s1. The lowest BCUT2D eigenvalue weighted by atomic mass is 9.92. The van der Waals surface area contributed by atoms with Crippen molar-refractivity contribution in [2.24, 2.45) is 23.7 Å². The number of nitrogens with zero attached hydrogens (tertiary/aromatic N) is 10. The summed E-state index contributed by atoms with van der Waals surface area (Å²) in [6.07, 6.45) is 9.85. The van der Waals surface area contributed by atoms with E-state index < -0.39 is 48.1 Å². The molecule has 4 bridgehead atoms. The summed E-state index contributed by atoms with van der Waals surface area (Å²) in [4.78, 5) is 122. The molecule has 88 heavy (non-hydrogen) atoms. The maximum absolute atomic E-state index is 15.0. The number of fused-ring (bicyclic) bond motifs is 8. The Morgan fingerprint density at radius 2 is 1.01 bits per heavy atom. The lowest BCUT2D eigenvalue weighted by Gasteiger charge is -2.35. The molecule has 0 saturated carbocycles. The molecule has 2 saturated heterocycles. The quantitative estimate of drug-likeness (QED) is 0.161. The topological polar surface area (TPSA) is 278 Å². The van der Waals surface area contributed by atoms with Gasteiger partial charge in [0, 0.05) is 53.4 Å². The Morgan fingerprint density at radius 1 is 0.523 bits per heavy atom. The minimum absolute atomic E-state index is 0.00444. The smallest absolute Gasteiger partial charge is 0.255 e. The highest BCUT2D eigenvalue weighted by molar-refractivity contribution is 6.02. The van der Waals surface area contributed by atoms with E-state index in [9.17, 15) is 38.4 Å². The lowest BCUT2D eigenvalue weighted by Crippen LogP contribution is -2.57. The van der Waals surface area contributed by atoms with Crippen molar-refractivity contribution >= 4 is 47.3 Å². The molecule has 4 N–H and O–H groups in total. The van der Waals surface area contributed by atoms with Crippen LogP contribution >= 0.6 is 0 Å². The lowest BCUT2D eigenvalue weighted by molar-refractivity contribution is -0.148. The number of rotatable bonds is 10. The maximum atomic E-state index is 15.0. The number of hydrogen-bond acceptors (Lipinski definition) is 14. The zero-order chi connectivity index (χ0) is 63.2. The molecule has 4 aromatic rings. The Morgan fingerprint density at radius 3 is 1.56 bits per heavy atom. The molecular formula is C64H92N14O10. The Balaban J connectivity index is 1.05. The fourth-order valence-electron chi connectivity index (χ4n) is 12.4. The van der Waals surface area contributed by atoms with Crippen LogP contribution in [0.25, 0.3) is 0 Å². The van der Waals surface area contributed by atoms with Crippen molar-refractivity contribution in [3.63, 3.8) is 0 Å². The number of hydrogen-bond donors (Lipinski definition) is 4. The molecule has 1 unspecified atom stereocenters. The van der Waals surface area contributed by atoms with Crippen LogP contribution in [0.3, 0.4) is 0 Å². The van der Waals surface area contributed by atoms with E-state index in [4.69, 9.17) is 9.47 Å². The fraction of sp³-hybridized carbons (Fsp3) is 0.625. The first-order chi connectivity index (χ1) is 42.1. The average Bonchev–Trinajstić information content (AvgIpc) is 2.03. The molecule has 6 heterocycles. The van der Waals surface area contributed by atoms with Gasteiger partial charge in [0.25, 0.3) is 11.8 Å². The van der Waals surface area contributed by atoms with Crippen LogP contribution in [0.5, 0.6) is 11.5 Å². The number of likely N-dealkylation sites (N-methyl/N-ethyl adjacent to an activating group) is 2. The number of amides is 8. The molecule has 24 heteroatoms. The summed E-state index contributed by atoms with van der Waals surface area (Å²) >= 11 is 0. The summed E-state index contributed by atoms with van der Waals surface area (Å²) < 4.78 is 16.0. The van der Waals surface area contributed by atoms with E-state index in [1.165, 1.54) is 9.80 Å². The van der Waals surface area contributed by atoms with E-state index >= 15 is 0 Å². The van der Waals surface area contributed by atoms with Crippen LogP contribution in [0.2, 0.25) is 0 Å². The molecule has 478 valence electrons. The van der Waals surface area contributed by atoms with Gasteiger partial charge in [-0.05, 0) is 137 Å². The van der Waals surface area contributed by atoms with Crippen LogP contribution in [-0.2, 0) is 61.5 Å². The minimum Gasteiger partial charge on any atom is -0.486 e. The van der Waals surface area contributed by atoms with E-state index in [-0.39, 0.29) is 95.6 Å². The summed E-state index contributed by atoms with van der Waals surface area (Å²) in [6, 6.07) is 6.75. The SMILES string of the molecule is CC(C)C[C@H]1NC(=O)c2ccc(CC(C)C[C@H]3C(=O)NCCCCCn4cc(nn4)COc4ccccc4C(=O)N[C@H](CC(C)C)C(=O)N4CCC[C@@H]4C(=O)N3C)cc2OCc2cn(nn2)CCCNC(=O)[C@H](CC(C)C)N(C)C(=O)[C@H]2CCCN2C1=O. The van der Waals surface area contributed by atoms with Gasteiger partial charge in [0.1, 0.15) is 72.4 Å². The summed E-state index contributed by atoms with van der Waals surface area (Å²) in [5, 5.41) is 29.3. The van der Waals surface area contributed by atoms with Crippen molar-refractivity contribution in [2.75, 3.05) is 40.3 Å². The van der Waals surface area contributed by atoms with Crippen molar-refractivity contribution in [3.05, 3.63) is 82.9 Å². The van der Waals surface area contributed by atoms with Gasteiger partial charge >= 0.3 is 0 Å². The van der Waals surface area contributed by atoms with Gasteiger partial charge in [-0.3, -0.25) is 47.7 Å². The first kappa shape index (κ1) is 66.0. The van der Waals surface area contributed by atoms with Gasteiger partial charge in [-0.2, -0.15) is 0 Å². The molecule has 0 radical (unpaired) electrons. The second kappa shape index (κ2) is 30.8. The summed E-state index contributed by atoms with van der Waals surface area (Å²) in [5.41, 5.74) is 2.25. The molecule has 7 atom stereocenters. The molecule has 8 amide bonds. The molecule has 4 aliphatic heterocycles. The van der Waals surface area contributed by atoms with E-state index in [2.05, 4.69) is 41.9 Å². The van der Waals surface area contributed by atoms with Gasteiger partial charge in [0.05, 0.1) is 23.5 Å². The van der Waals surface area contributed by atoms with Crippen LogP contribution in [0, 0.1) is 23.7 Å². The second-order valence-electron chi connectivity index (χ2n) is 25.6. The van der Waals surface area contributed by atoms with Crippen LogP contribution < -0.4 is 30.7 Å². The second-order valence-corrected chi connectivity index (χ2v) is 25.6. The first-order valence-electron chi connectivity index (χ1n) is 31.7. The molecule has 2 aromatic carbocycles. The number of benzene rings is 2. The van der Waals surface area contributed by atoms with E-state index in [0.717, 1.165) is 18.4 Å². The van der Waals surface area contributed by atoms with Gasteiger partial charge in [-0.1, -0.05) is 77.1 Å². The Kier molecular flexibility index (Phi) is 23.1. The highest BCUT2D eigenvalue weighted by atomic mass is 16.5. The summed E-state index contributed by atoms with van der Waals surface area (Å²) in [7, 11) is 3.24. The van der Waals surface area contributed by atoms with Gasteiger partial charge < -0.3 is 50.3 Å². The molecule has 0 spiro atoms. The first-order valence-corrected chi connectivity index (χ1v) is 31.7. The Bertz CT molecular complexity index is 3090. The molecule has 2 aromatic heterocycles. The van der Waals surface area contributed by atoms with Crippen molar-refractivity contribution in [1.29, 1.82) is 0 Å². The van der Waals surface area contributed by atoms with Gasteiger partial charge in [-0.25, -0.2) is 0 Å². The van der Waals surface area contributed by atoms with Crippen molar-refractivity contribution in [2.45, 2.75) is 194 Å². The van der Waals surface area contributed by atoms with Gasteiger partial charge in [0.15, 0.2) is 0 Å². The predicted molar refractivity (Wildman–Crippen MR) is 327 cm³/mol. The fourth-order valence-corrected chi connectivity index (χ4v) is 12.4. The average molecular weight is 1220 g/mol. The Hall–Kier alpha value is -7.92. The number of aromatic nitrogens is 6. The minimum atomic E-state index is -0.993. The summed E-state index contributed by atoms with van der Waals surface area (Å²) in [5.74, 6) is -2.73. The molecule has 0 aliphatic carbocycles. The third-order valence-electron chi connectivity index (χ3n) is 17.0. The molecular weight excluding hydrogens is 1120 g/mol. The van der Waals surface area contributed by atoms with E-state index in [0.29, 0.717) is 121 Å². The van der Waals surface area contributed by atoms with E-state index in [1.807, 2.05) is 54.5 Å². The number of carbonyl (C=O) groups excluding carboxylic acids is 8. The van der Waals surface area contributed by atoms with Gasteiger partial charge in [-0.15, -0.1) is 10.2 Å². The summed E-state index contributed by atoms with van der Waals surface area (Å²) in [6.45, 7) is 16.2. The number of carbonyl (C=O) groups is 8. The molecule has 2 fully saturated rings. The highest BCUT2D eigenvalue weighted by Gasteiger charge is 2.44. The van der Waals surface area contributed by atoms with E-state index in [1.54, 1.807) is 82.1 Å². The zero-order valence-corrected chi connectivity index (χ0v) is 52.9.